The van der Waals surface area contributed by atoms with Gasteiger partial charge < -0.3 is 15.0 Å². The van der Waals surface area contributed by atoms with Crippen LogP contribution < -0.4 is 5.32 Å². The Labute approximate surface area is 161 Å². The summed E-state index contributed by atoms with van der Waals surface area (Å²) in [6.07, 6.45) is 1.46. The topological polar surface area (TPSA) is 75.7 Å². The van der Waals surface area contributed by atoms with E-state index in [1.54, 1.807) is 17.0 Å². The number of ether oxygens (including phenoxy) is 1. The predicted octanol–water partition coefficient (Wildman–Crippen LogP) is 3.33. The number of hydrogen-bond acceptors (Lipinski definition) is 4. The molecule has 1 aromatic rings. The van der Waals surface area contributed by atoms with Crippen LogP contribution >= 0.6 is 0 Å². The lowest BCUT2D eigenvalue weighted by Crippen LogP contribution is -2.46. The summed E-state index contributed by atoms with van der Waals surface area (Å²) in [4.78, 5) is 38.0. The van der Waals surface area contributed by atoms with Crippen molar-refractivity contribution in [1.29, 1.82) is 0 Å². The molecular formula is C21H30N2O4. The summed E-state index contributed by atoms with van der Waals surface area (Å²) >= 11 is 0. The van der Waals surface area contributed by atoms with Gasteiger partial charge in [0, 0.05) is 37.5 Å². The van der Waals surface area contributed by atoms with E-state index in [9.17, 15) is 14.4 Å². The molecule has 0 unspecified atom stereocenters. The summed E-state index contributed by atoms with van der Waals surface area (Å²) in [5.41, 5.74) is 1.75. The molecule has 1 fully saturated rings. The predicted molar refractivity (Wildman–Crippen MR) is 104 cm³/mol. The van der Waals surface area contributed by atoms with E-state index in [4.69, 9.17) is 4.74 Å². The zero-order valence-electron chi connectivity index (χ0n) is 16.5. The van der Waals surface area contributed by atoms with Crippen LogP contribution in [0.3, 0.4) is 0 Å². The summed E-state index contributed by atoms with van der Waals surface area (Å²) < 4.78 is 5.13. The summed E-state index contributed by atoms with van der Waals surface area (Å²) in [6, 6.07) is 7.44. The smallest absolute Gasteiger partial charge is 0.407 e. The molecule has 2 rings (SSSR count). The molecular weight excluding hydrogens is 344 g/mol. The third-order valence-electron chi connectivity index (χ3n) is 4.66. The molecule has 0 saturated carbocycles. The Morgan fingerprint density at radius 2 is 1.74 bits per heavy atom. The second-order valence-electron chi connectivity index (χ2n) is 7.58. The van der Waals surface area contributed by atoms with E-state index in [-0.39, 0.29) is 30.6 Å². The van der Waals surface area contributed by atoms with E-state index in [2.05, 4.69) is 5.32 Å². The van der Waals surface area contributed by atoms with Crippen molar-refractivity contribution in [2.24, 2.45) is 5.92 Å². The standard InChI is InChI=1S/C21H30N2O4/c1-15(2)14-27-21(26)22-18-10-12-23(13-11-18)20(25)9-8-19(24)17-6-4-16(3)5-7-17/h4-7,15,18H,8-14H2,1-3H3,(H,22,26). The number of hydrogen-bond donors (Lipinski definition) is 1. The number of aryl methyl sites for hydroxylation is 1. The Balaban J connectivity index is 1.69. The third kappa shape index (κ3) is 7.04. The number of benzene rings is 1. The Hall–Kier alpha value is -2.37. The molecule has 0 aliphatic carbocycles. The van der Waals surface area contributed by atoms with Crippen LogP contribution in [0.2, 0.25) is 0 Å². The first-order valence-corrected chi connectivity index (χ1v) is 9.66. The van der Waals surface area contributed by atoms with Gasteiger partial charge in [0.2, 0.25) is 5.91 Å². The first kappa shape index (κ1) is 20.9. The summed E-state index contributed by atoms with van der Waals surface area (Å²) in [5, 5.41) is 2.86. The molecule has 0 atom stereocenters. The minimum atomic E-state index is -0.392. The van der Waals surface area contributed by atoms with Crippen LogP contribution in [-0.2, 0) is 9.53 Å². The van der Waals surface area contributed by atoms with Crippen molar-refractivity contribution in [3.05, 3.63) is 35.4 Å². The average molecular weight is 374 g/mol. The lowest BCUT2D eigenvalue weighted by atomic mass is 10.0. The fourth-order valence-electron chi connectivity index (χ4n) is 2.99. The maximum atomic E-state index is 12.4. The lowest BCUT2D eigenvalue weighted by Gasteiger charge is -2.32. The Bertz CT molecular complexity index is 647. The van der Waals surface area contributed by atoms with Gasteiger partial charge in [-0.05, 0) is 25.7 Å². The van der Waals surface area contributed by atoms with Crippen LogP contribution in [0.1, 0.15) is 55.5 Å². The van der Waals surface area contributed by atoms with Gasteiger partial charge in [-0.1, -0.05) is 43.7 Å². The maximum absolute atomic E-state index is 12.4. The molecule has 2 amide bonds. The van der Waals surface area contributed by atoms with Gasteiger partial charge in [0.25, 0.3) is 0 Å². The highest BCUT2D eigenvalue weighted by molar-refractivity contribution is 5.98. The maximum Gasteiger partial charge on any atom is 0.407 e. The number of rotatable bonds is 7. The van der Waals surface area contributed by atoms with Crippen molar-refractivity contribution in [2.75, 3.05) is 19.7 Å². The van der Waals surface area contributed by atoms with Gasteiger partial charge in [-0.2, -0.15) is 0 Å². The molecule has 0 aromatic heterocycles. The number of piperidine rings is 1. The Morgan fingerprint density at radius 1 is 1.11 bits per heavy atom. The van der Waals surface area contributed by atoms with Crippen molar-refractivity contribution < 1.29 is 19.1 Å². The fraction of sp³-hybridized carbons (Fsp3) is 0.571. The molecule has 148 valence electrons. The fourth-order valence-corrected chi connectivity index (χ4v) is 2.99. The van der Waals surface area contributed by atoms with Crippen LogP contribution in [0.4, 0.5) is 4.79 Å². The van der Waals surface area contributed by atoms with E-state index < -0.39 is 6.09 Å². The molecule has 0 spiro atoms. The SMILES string of the molecule is Cc1ccc(C(=O)CCC(=O)N2CCC(NC(=O)OCC(C)C)CC2)cc1. The second-order valence-corrected chi connectivity index (χ2v) is 7.58. The first-order valence-electron chi connectivity index (χ1n) is 9.66. The number of alkyl carbamates (subject to hydrolysis) is 1. The number of Topliss-reactive ketones (excluding diaryl/α,β-unsaturated/α-hetero) is 1. The monoisotopic (exact) mass is 374 g/mol. The van der Waals surface area contributed by atoms with Gasteiger partial charge in [0.15, 0.2) is 5.78 Å². The molecule has 1 heterocycles. The minimum absolute atomic E-state index is 0.00343. The summed E-state index contributed by atoms with van der Waals surface area (Å²) in [5.74, 6) is 0.293. The van der Waals surface area contributed by atoms with Crippen molar-refractivity contribution in [2.45, 2.75) is 52.5 Å². The molecule has 1 aliphatic rings. The van der Waals surface area contributed by atoms with E-state index in [0.717, 1.165) is 5.56 Å². The third-order valence-corrected chi connectivity index (χ3v) is 4.66. The molecule has 0 bridgehead atoms. The molecule has 6 nitrogen and oxygen atoms in total. The van der Waals surface area contributed by atoms with Gasteiger partial charge in [-0.3, -0.25) is 9.59 Å². The van der Waals surface area contributed by atoms with Crippen LogP contribution in [0, 0.1) is 12.8 Å². The van der Waals surface area contributed by atoms with Crippen LogP contribution in [0.5, 0.6) is 0 Å². The van der Waals surface area contributed by atoms with Gasteiger partial charge in [0.1, 0.15) is 0 Å². The highest BCUT2D eigenvalue weighted by Crippen LogP contribution is 2.14. The number of ketones is 1. The van der Waals surface area contributed by atoms with E-state index in [0.29, 0.717) is 44.0 Å². The van der Waals surface area contributed by atoms with Crippen LogP contribution in [0.25, 0.3) is 0 Å². The number of nitrogens with zero attached hydrogens (tertiary/aromatic N) is 1. The van der Waals surface area contributed by atoms with Crippen molar-refractivity contribution in [1.82, 2.24) is 10.2 Å². The summed E-state index contributed by atoms with van der Waals surface area (Å²) in [7, 11) is 0. The van der Waals surface area contributed by atoms with E-state index in [1.165, 1.54) is 0 Å². The Kier molecular flexibility index (Phi) is 7.82. The molecule has 1 aromatic carbocycles. The van der Waals surface area contributed by atoms with Crippen molar-refractivity contribution >= 4 is 17.8 Å². The lowest BCUT2D eigenvalue weighted by molar-refractivity contribution is -0.132. The number of amides is 2. The van der Waals surface area contributed by atoms with Crippen molar-refractivity contribution in [3.63, 3.8) is 0 Å². The zero-order valence-corrected chi connectivity index (χ0v) is 16.5. The molecule has 6 heteroatoms. The largest absolute Gasteiger partial charge is 0.449 e. The minimum Gasteiger partial charge on any atom is -0.449 e. The molecule has 1 N–H and O–H groups in total. The van der Waals surface area contributed by atoms with Gasteiger partial charge in [0.05, 0.1) is 6.61 Å². The number of carbonyl (C=O) groups excluding carboxylic acids is 3. The quantitative estimate of drug-likeness (QED) is 0.743. The molecule has 1 saturated heterocycles. The van der Waals surface area contributed by atoms with E-state index in [1.807, 2.05) is 32.9 Å². The highest BCUT2D eigenvalue weighted by atomic mass is 16.5. The highest BCUT2D eigenvalue weighted by Gasteiger charge is 2.24. The normalized spacial score (nSPS) is 14.9. The van der Waals surface area contributed by atoms with E-state index >= 15 is 0 Å². The number of carbonyl (C=O) groups is 3. The zero-order chi connectivity index (χ0) is 19.8. The second kappa shape index (κ2) is 10.1. The van der Waals surface area contributed by atoms with Crippen molar-refractivity contribution in [3.8, 4) is 0 Å². The number of likely N-dealkylation sites (tertiary alicyclic amines) is 1. The molecule has 0 radical (unpaired) electrons. The molecule has 1 aliphatic heterocycles. The van der Waals surface area contributed by atoms with Gasteiger partial charge in [-0.25, -0.2) is 4.79 Å². The van der Waals surface area contributed by atoms with Gasteiger partial charge in [-0.15, -0.1) is 0 Å². The van der Waals surface area contributed by atoms with Crippen LogP contribution in [-0.4, -0.2) is 48.4 Å². The van der Waals surface area contributed by atoms with Gasteiger partial charge >= 0.3 is 6.09 Å². The summed E-state index contributed by atoms with van der Waals surface area (Å²) in [6.45, 7) is 7.53. The number of nitrogens with one attached hydrogen (secondary N) is 1. The average Bonchev–Trinajstić information content (AvgIpc) is 2.65. The first-order chi connectivity index (χ1) is 12.8. The molecule has 27 heavy (non-hydrogen) atoms. The van der Waals surface area contributed by atoms with Crippen LogP contribution in [0.15, 0.2) is 24.3 Å². The Morgan fingerprint density at radius 3 is 2.33 bits per heavy atom.